The summed E-state index contributed by atoms with van der Waals surface area (Å²) in [6.07, 6.45) is 0. The van der Waals surface area contributed by atoms with Crippen molar-refractivity contribution in [1.82, 2.24) is 0 Å². The Morgan fingerprint density at radius 2 is 1.67 bits per heavy atom. The summed E-state index contributed by atoms with van der Waals surface area (Å²) in [4.78, 5) is 25.8. The summed E-state index contributed by atoms with van der Waals surface area (Å²) in [5.41, 5.74) is 13.1. The zero-order valence-corrected chi connectivity index (χ0v) is 10.8. The van der Waals surface area contributed by atoms with Crippen molar-refractivity contribution < 1.29 is 9.59 Å². The normalized spacial score (nSPS) is 13.2. The average Bonchev–Trinajstić information content (AvgIpc) is 2.71. The molecule has 0 atom stereocenters. The number of carbonyl (C=O) groups is 2. The first-order valence-electron chi connectivity index (χ1n) is 6.11. The van der Waals surface area contributed by atoms with Crippen LogP contribution in [0.5, 0.6) is 0 Å². The summed E-state index contributed by atoms with van der Waals surface area (Å²) in [5.74, 6) is -0.903. The Morgan fingerprint density at radius 3 is 2.38 bits per heavy atom. The van der Waals surface area contributed by atoms with Gasteiger partial charge >= 0.3 is 0 Å². The van der Waals surface area contributed by atoms with E-state index in [1.54, 1.807) is 6.07 Å². The predicted octanol–water partition coefficient (Wildman–Crippen LogP) is 1.52. The van der Waals surface area contributed by atoms with Crippen LogP contribution in [0.1, 0.15) is 26.3 Å². The van der Waals surface area contributed by atoms with Crippen LogP contribution in [0.2, 0.25) is 0 Å². The van der Waals surface area contributed by atoms with Crippen molar-refractivity contribution in [3.63, 3.8) is 0 Å². The molecule has 2 aromatic rings. The number of nitrogens with zero attached hydrogens (tertiary/aromatic N) is 2. The Kier molecular flexibility index (Phi) is 2.63. The lowest BCUT2D eigenvalue weighted by Gasteiger charge is -2.14. The number of rotatable bonds is 1. The number of fused-ring (bicyclic) bond motifs is 1. The molecule has 1 heterocycles. The van der Waals surface area contributed by atoms with Crippen molar-refractivity contribution >= 4 is 28.9 Å². The van der Waals surface area contributed by atoms with Gasteiger partial charge in [0.1, 0.15) is 6.07 Å². The maximum absolute atomic E-state index is 12.4. The Labute approximate surface area is 120 Å². The second kappa shape index (κ2) is 4.35. The lowest BCUT2D eigenvalue weighted by atomic mass is 10.1. The van der Waals surface area contributed by atoms with Gasteiger partial charge in [0.15, 0.2) is 0 Å². The Balaban J connectivity index is 2.12. The van der Waals surface area contributed by atoms with E-state index in [1.807, 2.05) is 6.07 Å². The minimum absolute atomic E-state index is 0.212. The fourth-order valence-corrected chi connectivity index (χ4v) is 2.27. The predicted molar refractivity (Wildman–Crippen MR) is 77.6 cm³/mol. The molecular formula is C15H10N4O2. The first-order chi connectivity index (χ1) is 10.0. The molecule has 1 aliphatic heterocycles. The highest BCUT2D eigenvalue weighted by Gasteiger charge is 2.36. The van der Waals surface area contributed by atoms with Gasteiger partial charge in [-0.05, 0) is 36.4 Å². The van der Waals surface area contributed by atoms with Gasteiger partial charge in [0.05, 0.1) is 22.4 Å². The molecule has 0 spiro atoms. The van der Waals surface area contributed by atoms with Crippen molar-refractivity contribution in [2.24, 2.45) is 0 Å². The third-order valence-electron chi connectivity index (χ3n) is 3.33. The molecule has 2 amide bonds. The van der Waals surface area contributed by atoms with E-state index in [0.717, 1.165) is 4.90 Å². The fourth-order valence-electron chi connectivity index (χ4n) is 2.27. The lowest BCUT2D eigenvalue weighted by molar-refractivity contribution is 0.0926. The van der Waals surface area contributed by atoms with Crippen LogP contribution < -0.4 is 16.4 Å². The van der Waals surface area contributed by atoms with Gasteiger partial charge in [-0.25, -0.2) is 4.90 Å². The SMILES string of the molecule is N#Cc1cc(N2C(=O)c3ccc(N)cc3C2=O)ccc1N. The van der Waals surface area contributed by atoms with E-state index in [1.165, 1.54) is 30.3 Å². The number of hydrogen-bond donors (Lipinski definition) is 2. The van der Waals surface area contributed by atoms with Gasteiger partial charge < -0.3 is 11.5 Å². The molecule has 4 N–H and O–H groups in total. The van der Waals surface area contributed by atoms with Crippen molar-refractivity contribution in [3.05, 3.63) is 53.1 Å². The minimum atomic E-state index is -0.462. The zero-order valence-electron chi connectivity index (χ0n) is 10.8. The molecular weight excluding hydrogens is 268 g/mol. The van der Waals surface area contributed by atoms with Gasteiger partial charge in [0.2, 0.25) is 0 Å². The second-order valence-corrected chi connectivity index (χ2v) is 4.63. The van der Waals surface area contributed by atoms with Crippen LogP contribution in [0, 0.1) is 11.3 Å². The molecule has 0 saturated carbocycles. The van der Waals surface area contributed by atoms with Crippen molar-refractivity contribution in [2.45, 2.75) is 0 Å². The topological polar surface area (TPSA) is 113 Å². The number of carbonyl (C=O) groups excluding carboxylic acids is 2. The fraction of sp³-hybridized carbons (Fsp3) is 0. The van der Waals surface area contributed by atoms with Gasteiger partial charge in [-0.2, -0.15) is 5.26 Å². The van der Waals surface area contributed by atoms with E-state index in [9.17, 15) is 9.59 Å². The van der Waals surface area contributed by atoms with Crippen LogP contribution in [0.25, 0.3) is 0 Å². The van der Waals surface area contributed by atoms with Crippen molar-refractivity contribution in [2.75, 3.05) is 16.4 Å². The summed E-state index contributed by atoms with van der Waals surface area (Å²) in [7, 11) is 0. The van der Waals surface area contributed by atoms with Crippen LogP contribution >= 0.6 is 0 Å². The molecule has 102 valence electrons. The number of benzene rings is 2. The van der Waals surface area contributed by atoms with Crippen LogP contribution in [-0.2, 0) is 0 Å². The number of nitrogens with two attached hydrogens (primary N) is 2. The summed E-state index contributed by atoms with van der Waals surface area (Å²) in [6.45, 7) is 0. The zero-order chi connectivity index (χ0) is 15.1. The Morgan fingerprint density at radius 1 is 0.952 bits per heavy atom. The highest BCUT2D eigenvalue weighted by molar-refractivity contribution is 6.34. The van der Waals surface area contributed by atoms with E-state index in [-0.39, 0.29) is 11.1 Å². The van der Waals surface area contributed by atoms with Gasteiger partial charge in [-0.1, -0.05) is 0 Å². The molecule has 3 rings (SSSR count). The quantitative estimate of drug-likeness (QED) is 0.606. The standard InChI is InChI=1S/C15H10N4O2/c16-7-8-5-10(2-4-13(8)18)19-14(20)11-3-1-9(17)6-12(11)15(19)21/h1-6H,17-18H2. The number of nitrogen functional groups attached to an aromatic ring is 2. The third-order valence-corrected chi connectivity index (χ3v) is 3.33. The maximum Gasteiger partial charge on any atom is 0.266 e. The van der Waals surface area contributed by atoms with E-state index in [0.29, 0.717) is 22.6 Å². The Hall–Kier alpha value is -3.33. The number of anilines is 3. The molecule has 6 heteroatoms. The van der Waals surface area contributed by atoms with Crippen LogP contribution in [-0.4, -0.2) is 11.8 Å². The molecule has 0 fully saturated rings. The van der Waals surface area contributed by atoms with Gasteiger partial charge in [0, 0.05) is 11.4 Å². The molecule has 0 bridgehead atoms. The lowest BCUT2D eigenvalue weighted by Crippen LogP contribution is -2.29. The summed E-state index contributed by atoms with van der Waals surface area (Å²) in [5, 5.41) is 8.99. The molecule has 0 saturated heterocycles. The summed E-state index contributed by atoms with van der Waals surface area (Å²) >= 11 is 0. The summed E-state index contributed by atoms with van der Waals surface area (Å²) in [6, 6.07) is 10.9. The van der Waals surface area contributed by atoms with E-state index < -0.39 is 11.8 Å². The van der Waals surface area contributed by atoms with Gasteiger partial charge in [0.25, 0.3) is 11.8 Å². The van der Waals surface area contributed by atoms with Crippen LogP contribution in [0.3, 0.4) is 0 Å². The smallest absolute Gasteiger partial charge is 0.266 e. The van der Waals surface area contributed by atoms with Crippen LogP contribution in [0.15, 0.2) is 36.4 Å². The number of imide groups is 1. The molecule has 2 aromatic carbocycles. The highest BCUT2D eigenvalue weighted by Crippen LogP contribution is 2.31. The minimum Gasteiger partial charge on any atom is -0.399 e. The second-order valence-electron chi connectivity index (χ2n) is 4.63. The van der Waals surface area contributed by atoms with E-state index in [4.69, 9.17) is 16.7 Å². The highest BCUT2D eigenvalue weighted by atomic mass is 16.2. The molecule has 0 aliphatic carbocycles. The average molecular weight is 278 g/mol. The first kappa shape index (κ1) is 12.7. The number of hydrogen-bond acceptors (Lipinski definition) is 5. The van der Waals surface area contributed by atoms with Gasteiger partial charge in [-0.3, -0.25) is 9.59 Å². The summed E-state index contributed by atoms with van der Waals surface area (Å²) < 4.78 is 0. The Bertz CT molecular complexity index is 836. The van der Waals surface area contributed by atoms with Crippen molar-refractivity contribution in [3.8, 4) is 6.07 Å². The maximum atomic E-state index is 12.4. The number of amides is 2. The number of nitriles is 1. The molecule has 21 heavy (non-hydrogen) atoms. The molecule has 1 aliphatic rings. The molecule has 0 radical (unpaired) electrons. The molecule has 0 unspecified atom stereocenters. The monoisotopic (exact) mass is 278 g/mol. The molecule has 6 nitrogen and oxygen atoms in total. The van der Waals surface area contributed by atoms with Crippen LogP contribution in [0.4, 0.5) is 17.1 Å². The van der Waals surface area contributed by atoms with E-state index in [2.05, 4.69) is 0 Å². The van der Waals surface area contributed by atoms with E-state index >= 15 is 0 Å². The first-order valence-corrected chi connectivity index (χ1v) is 6.11. The third kappa shape index (κ3) is 1.80. The van der Waals surface area contributed by atoms with Crippen molar-refractivity contribution in [1.29, 1.82) is 5.26 Å². The largest absolute Gasteiger partial charge is 0.399 e. The molecule has 0 aromatic heterocycles. The van der Waals surface area contributed by atoms with Gasteiger partial charge in [-0.15, -0.1) is 0 Å².